The molecule has 0 bridgehead atoms. The molecule has 0 aliphatic carbocycles. The Morgan fingerprint density at radius 2 is 1.57 bits per heavy atom. The number of methoxy groups -OCH3 is 2. The topological polar surface area (TPSA) is 50.7 Å². The molecule has 0 saturated carbocycles. The normalized spacial score (nSPS) is 13.7. The van der Waals surface area contributed by atoms with Crippen molar-refractivity contribution in [3.8, 4) is 5.75 Å². The van der Waals surface area contributed by atoms with E-state index in [1.165, 1.54) is 0 Å². The lowest BCUT2D eigenvalue weighted by Gasteiger charge is -2.31. The van der Waals surface area contributed by atoms with Crippen LogP contribution in [0.5, 0.6) is 5.75 Å². The van der Waals surface area contributed by atoms with Crippen LogP contribution < -0.4 is 5.32 Å². The summed E-state index contributed by atoms with van der Waals surface area (Å²) in [6.07, 6.45) is 1.51. The monoisotopic (exact) mass is 379 g/mol. The molecule has 3 rings (SSSR count). The van der Waals surface area contributed by atoms with E-state index in [1.54, 1.807) is 20.3 Å². The first-order valence-corrected chi connectivity index (χ1v) is 9.76. The molecule has 2 unspecified atom stereocenters. The van der Waals surface area contributed by atoms with Crippen LogP contribution in [0.25, 0.3) is 10.8 Å². The Kier molecular flexibility index (Phi) is 7.04. The number of benzene rings is 3. The van der Waals surface area contributed by atoms with Gasteiger partial charge in [0, 0.05) is 19.8 Å². The molecular weight excluding hydrogens is 350 g/mol. The molecule has 0 radical (unpaired) electrons. The minimum absolute atomic E-state index is 0.0245. The molecule has 28 heavy (non-hydrogen) atoms. The Labute approximate surface area is 167 Å². The van der Waals surface area contributed by atoms with E-state index < -0.39 is 0 Å². The van der Waals surface area contributed by atoms with Gasteiger partial charge in [0.2, 0.25) is 0 Å². The summed E-state index contributed by atoms with van der Waals surface area (Å²) in [5.41, 5.74) is 1.96. The average molecular weight is 380 g/mol. The highest BCUT2D eigenvalue weighted by molar-refractivity contribution is 5.88. The lowest BCUT2D eigenvalue weighted by atomic mass is 9.91. The summed E-state index contributed by atoms with van der Waals surface area (Å²) < 4.78 is 11.1. The largest absolute Gasteiger partial charge is 0.508 e. The lowest BCUT2D eigenvalue weighted by molar-refractivity contribution is -0.125. The van der Waals surface area contributed by atoms with Crippen molar-refractivity contribution in [2.75, 3.05) is 14.2 Å². The van der Waals surface area contributed by atoms with Gasteiger partial charge < -0.3 is 14.6 Å². The van der Waals surface area contributed by atoms with Crippen LogP contribution in [0.15, 0.2) is 66.7 Å². The summed E-state index contributed by atoms with van der Waals surface area (Å²) in [5, 5.41) is 16.7. The van der Waals surface area contributed by atoms with Gasteiger partial charge in [0.25, 0.3) is 0 Å². The van der Waals surface area contributed by atoms with Gasteiger partial charge in [0.15, 0.2) is 6.29 Å². The molecular formula is C24H29NO3. The Morgan fingerprint density at radius 3 is 2.25 bits per heavy atom. The van der Waals surface area contributed by atoms with E-state index in [0.29, 0.717) is 0 Å². The highest BCUT2D eigenvalue weighted by atomic mass is 16.7. The van der Waals surface area contributed by atoms with Crippen LogP contribution >= 0.6 is 0 Å². The van der Waals surface area contributed by atoms with Crippen molar-refractivity contribution >= 4 is 10.8 Å². The maximum atomic E-state index is 10.8. The molecule has 148 valence electrons. The summed E-state index contributed by atoms with van der Waals surface area (Å²) >= 11 is 0. The Morgan fingerprint density at radius 1 is 0.893 bits per heavy atom. The van der Waals surface area contributed by atoms with Crippen LogP contribution in [0.3, 0.4) is 0 Å². The predicted molar refractivity (Wildman–Crippen MR) is 114 cm³/mol. The average Bonchev–Trinajstić information content (AvgIpc) is 2.74. The second kappa shape index (κ2) is 9.69. The van der Waals surface area contributed by atoms with Crippen molar-refractivity contribution in [1.82, 2.24) is 5.32 Å². The summed E-state index contributed by atoms with van der Waals surface area (Å²) in [7, 11) is 3.32. The highest BCUT2D eigenvalue weighted by Gasteiger charge is 2.27. The third-order valence-corrected chi connectivity index (χ3v) is 5.14. The van der Waals surface area contributed by atoms with Gasteiger partial charge >= 0.3 is 0 Å². The smallest absolute Gasteiger partial charge is 0.172 e. The van der Waals surface area contributed by atoms with Crippen molar-refractivity contribution in [2.24, 2.45) is 0 Å². The molecule has 0 aromatic heterocycles. The highest BCUT2D eigenvalue weighted by Crippen LogP contribution is 2.36. The second-order valence-corrected chi connectivity index (χ2v) is 6.96. The van der Waals surface area contributed by atoms with Crippen LogP contribution in [0.4, 0.5) is 0 Å². The molecule has 0 saturated heterocycles. The van der Waals surface area contributed by atoms with Crippen LogP contribution in [0, 0.1) is 0 Å². The molecule has 0 amide bonds. The molecule has 0 heterocycles. The van der Waals surface area contributed by atoms with Crippen molar-refractivity contribution in [2.45, 2.75) is 38.1 Å². The minimum atomic E-state index is -0.372. The number of phenols is 1. The number of nitrogens with one attached hydrogen (secondary N) is 1. The SMILES string of the molecule is CCCC(NC(c1ccccc1)c1c(O)ccc2ccccc12)C(OC)OC. The molecule has 3 aromatic carbocycles. The van der Waals surface area contributed by atoms with E-state index in [1.807, 2.05) is 36.4 Å². The van der Waals surface area contributed by atoms with Gasteiger partial charge in [-0.15, -0.1) is 0 Å². The summed E-state index contributed by atoms with van der Waals surface area (Å²) in [5.74, 6) is 0.279. The number of hydrogen-bond donors (Lipinski definition) is 2. The fourth-order valence-electron chi connectivity index (χ4n) is 3.83. The number of aromatic hydroxyl groups is 1. The first-order chi connectivity index (χ1) is 13.7. The Hall–Kier alpha value is -2.40. The van der Waals surface area contributed by atoms with E-state index in [2.05, 4.69) is 36.5 Å². The third kappa shape index (κ3) is 4.36. The van der Waals surface area contributed by atoms with Crippen molar-refractivity contribution in [1.29, 1.82) is 0 Å². The maximum absolute atomic E-state index is 10.8. The second-order valence-electron chi connectivity index (χ2n) is 6.96. The van der Waals surface area contributed by atoms with Gasteiger partial charge in [-0.2, -0.15) is 0 Å². The van der Waals surface area contributed by atoms with E-state index in [9.17, 15) is 5.11 Å². The van der Waals surface area contributed by atoms with E-state index >= 15 is 0 Å². The molecule has 0 spiro atoms. The van der Waals surface area contributed by atoms with Gasteiger partial charge in [0.05, 0.1) is 12.1 Å². The Balaban J connectivity index is 2.12. The van der Waals surface area contributed by atoms with Gasteiger partial charge in [-0.05, 0) is 28.8 Å². The Bertz CT molecular complexity index is 877. The number of rotatable bonds is 9. The number of fused-ring (bicyclic) bond motifs is 1. The van der Waals surface area contributed by atoms with Crippen LogP contribution in [-0.2, 0) is 9.47 Å². The predicted octanol–water partition coefficient (Wildman–Crippen LogP) is 5.01. The van der Waals surface area contributed by atoms with Gasteiger partial charge in [0.1, 0.15) is 5.75 Å². The quantitative estimate of drug-likeness (QED) is 0.513. The molecule has 0 aliphatic heterocycles. The zero-order valence-corrected chi connectivity index (χ0v) is 16.8. The fourth-order valence-corrected chi connectivity index (χ4v) is 3.83. The zero-order valence-electron chi connectivity index (χ0n) is 16.8. The third-order valence-electron chi connectivity index (χ3n) is 5.14. The number of hydrogen-bond acceptors (Lipinski definition) is 4. The molecule has 2 atom stereocenters. The maximum Gasteiger partial charge on any atom is 0.172 e. The molecule has 0 aliphatic rings. The summed E-state index contributed by atoms with van der Waals surface area (Å²) in [4.78, 5) is 0. The van der Waals surface area contributed by atoms with Gasteiger partial charge in [-0.25, -0.2) is 0 Å². The van der Waals surface area contributed by atoms with Crippen molar-refractivity contribution < 1.29 is 14.6 Å². The molecule has 4 heteroatoms. The van der Waals surface area contributed by atoms with E-state index in [0.717, 1.165) is 34.7 Å². The van der Waals surface area contributed by atoms with Gasteiger partial charge in [-0.1, -0.05) is 74.0 Å². The van der Waals surface area contributed by atoms with Gasteiger partial charge in [-0.3, -0.25) is 5.32 Å². The van der Waals surface area contributed by atoms with Crippen LogP contribution in [-0.4, -0.2) is 31.7 Å². The lowest BCUT2D eigenvalue weighted by Crippen LogP contribution is -2.44. The molecule has 4 nitrogen and oxygen atoms in total. The zero-order chi connectivity index (χ0) is 19.9. The first-order valence-electron chi connectivity index (χ1n) is 9.76. The summed E-state index contributed by atoms with van der Waals surface area (Å²) in [6.45, 7) is 2.14. The van der Waals surface area contributed by atoms with Crippen molar-refractivity contribution in [3.05, 3.63) is 77.9 Å². The van der Waals surface area contributed by atoms with E-state index in [-0.39, 0.29) is 24.1 Å². The van der Waals surface area contributed by atoms with Crippen LogP contribution in [0.1, 0.15) is 36.9 Å². The van der Waals surface area contributed by atoms with Crippen molar-refractivity contribution in [3.63, 3.8) is 0 Å². The first kappa shape index (κ1) is 20.3. The van der Waals surface area contributed by atoms with Crippen LogP contribution in [0.2, 0.25) is 0 Å². The number of phenolic OH excluding ortho intramolecular Hbond substituents is 1. The fraction of sp³-hybridized carbons (Fsp3) is 0.333. The molecule has 0 fully saturated rings. The number of ether oxygens (including phenoxy) is 2. The summed E-state index contributed by atoms with van der Waals surface area (Å²) in [6, 6.07) is 21.8. The molecule has 2 N–H and O–H groups in total. The van der Waals surface area contributed by atoms with E-state index in [4.69, 9.17) is 9.47 Å². The minimum Gasteiger partial charge on any atom is -0.508 e. The molecule has 3 aromatic rings. The standard InChI is InChI=1S/C24H29NO3/c1-4-10-20(24(27-2)28-3)25-23(18-12-6-5-7-13-18)22-19-14-9-8-11-17(19)15-16-21(22)26/h5-9,11-16,20,23-26H,4,10H2,1-3H3.